The number of benzene rings is 2. The molecule has 0 fully saturated rings. The Morgan fingerprint density at radius 1 is 1.15 bits per heavy atom. The summed E-state index contributed by atoms with van der Waals surface area (Å²) in [4.78, 5) is 16.7. The summed E-state index contributed by atoms with van der Waals surface area (Å²) in [6.07, 6.45) is 0. The lowest BCUT2D eigenvalue weighted by molar-refractivity contribution is 0.0395. The molecule has 2 aromatic heterocycles. The summed E-state index contributed by atoms with van der Waals surface area (Å²) < 4.78 is 16.3. The zero-order chi connectivity index (χ0) is 18.3. The molecular formula is C20H18N2O4. The van der Waals surface area contributed by atoms with Gasteiger partial charge in [0.1, 0.15) is 5.58 Å². The van der Waals surface area contributed by atoms with Crippen LogP contribution in [-0.2, 0) is 11.3 Å². The number of aromatic nitrogens is 2. The fourth-order valence-corrected chi connectivity index (χ4v) is 2.90. The van der Waals surface area contributed by atoms with Crippen LogP contribution in [0.2, 0.25) is 0 Å². The van der Waals surface area contributed by atoms with E-state index in [1.165, 1.54) is 0 Å². The summed E-state index contributed by atoms with van der Waals surface area (Å²) in [5, 5.41) is 6.77. The van der Waals surface area contributed by atoms with Gasteiger partial charge in [0.2, 0.25) is 5.76 Å². The van der Waals surface area contributed by atoms with E-state index in [4.69, 9.17) is 13.7 Å². The minimum absolute atomic E-state index is 0.0875. The van der Waals surface area contributed by atoms with Crippen molar-refractivity contribution < 1.29 is 18.5 Å². The number of hydrogen-bond acceptors (Lipinski definition) is 6. The zero-order valence-corrected chi connectivity index (χ0v) is 14.8. The molecule has 0 bridgehead atoms. The third kappa shape index (κ3) is 2.73. The molecule has 6 nitrogen and oxygen atoms in total. The van der Waals surface area contributed by atoms with E-state index in [0.717, 1.165) is 21.7 Å². The maximum Gasteiger partial charge on any atom is 0.375 e. The average Bonchev–Trinajstić information content (AvgIpc) is 3.25. The van der Waals surface area contributed by atoms with E-state index < -0.39 is 5.97 Å². The maximum absolute atomic E-state index is 12.5. The van der Waals surface area contributed by atoms with Gasteiger partial charge < -0.3 is 13.7 Å². The minimum atomic E-state index is -0.549. The van der Waals surface area contributed by atoms with Gasteiger partial charge in [-0.2, -0.15) is 4.98 Å². The summed E-state index contributed by atoms with van der Waals surface area (Å²) >= 11 is 0. The van der Waals surface area contributed by atoms with Crippen LogP contribution in [0, 0.1) is 6.92 Å². The first-order valence-corrected chi connectivity index (χ1v) is 8.45. The van der Waals surface area contributed by atoms with Crippen LogP contribution in [0.5, 0.6) is 0 Å². The number of hydrogen-bond donors (Lipinski definition) is 0. The summed E-state index contributed by atoms with van der Waals surface area (Å²) in [5.74, 6) is 0.643. The predicted molar refractivity (Wildman–Crippen MR) is 96.0 cm³/mol. The molecule has 0 spiro atoms. The molecule has 0 radical (unpaired) electrons. The Bertz CT molecular complexity index is 1110. The quantitative estimate of drug-likeness (QED) is 0.494. The lowest BCUT2D eigenvalue weighted by Gasteiger charge is -1.99. The number of carbonyl (C=O) groups excluding carboxylic acids is 1. The van der Waals surface area contributed by atoms with Gasteiger partial charge in [0.05, 0.1) is 0 Å². The molecule has 0 aliphatic carbocycles. The van der Waals surface area contributed by atoms with Crippen LogP contribution in [0.4, 0.5) is 0 Å². The number of fused-ring (bicyclic) bond motifs is 3. The Morgan fingerprint density at radius 3 is 2.73 bits per heavy atom. The molecule has 6 heteroatoms. The van der Waals surface area contributed by atoms with Crippen LogP contribution < -0.4 is 0 Å². The fraction of sp³-hybridized carbons (Fsp3) is 0.250. The van der Waals surface area contributed by atoms with Gasteiger partial charge in [-0.05, 0) is 12.3 Å². The summed E-state index contributed by atoms with van der Waals surface area (Å²) in [7, 11) is 0. The number of rotatable bonds is 4. The Morgan fingerprint density at radius 2 is 1.96 bits per heavy atom. The van der Waals surface area contributed by atoms with Crippen molar-refractivity contribution in [2.45, 2.75) is 33.3 Å². The number of nitrogens with zero attached hydrogens (tertiary/aromatic N) is 2. The molecule has 0 unspecified atom stereocenters. The maximum atomic E-state index is 12.5. The molecule has 132 valence electrons. The first kappa shape index (κ1) is 16.3. The zero-order valence-electron chi connectivity index (χ0n) is 14.8. The van der Waals surface area contributed by atoms with Crippen LogP contribution in [0.1, 0.15) is 47.6 Å². The minimum Gasteiger partial charge on any atom is -0.450 e. The molecule has 4 aromatic rings. The second-order valence-corrected chi connectivity index (χ2v) is 6.50. The van der Waals surface area contributed by atoms with Crippen molar-refractivity contribution in [3.05, 3.63) is 59.4 Å². The monoisotopic (exact) mass is 350 g/mol. The predicted octanol–water partition coefficient (Wildman–Crippen LogP) is 4.76. The summed E-state index contributed by atoms with van der Waals surface area (Å²) in [6, 6.07) is 11.9. The molecule has 2 heterocycles. The van der Waals surface area contributed by atoms with Gasteiger partial charge in [-0.25, -0.2) is 4.79 Å². The van der Waals surface area contributed by atoms with Gasteiger partial charge in [-0.15, -0.1) is 0 Å². The highest BCUT2D eigenvalue weighted by molar-refractivity contribution is 6.08. The Hall–Kier alpha value is -3.15. The molecule has 0 atom stereocenters. The van der Waals surface area contributed by atoms with Gasteiger partial charge >= 0.3 is 5.97 Å². The van der Waals surface area contributed by atoms with Crippen molar-refractivity contribution >= 4 is 27.7 Å². The van der Waals surface area contributed by atoms with Gasteiger partial charge in [0.25, 0.3) is 5.89 Å². The molecule has 0 saturated heterocycles. The number of ether oxygens (including phenoxy) is 1. The molecule has 26 heavy (non-hydrogen) atoms. The fourth-order valence-electron chi connectivity index (χ4n) is 2.90. The average molecular weight is 350 g/mol. The highest BCUT2D eigenvalue weighted by atomic mass is 16.6. The van der Waals surface area contributed by atoms with Gasteiger partial charge in [0.15, 0.2) is 12.4 Å². The van der Waals surface area contributed by atoms with Gasteiger partial charge in [-0.1, -0.05) is 55.4 Å². The van der Waals surface area contributed by atoms with Crippen molar-refractivity contribution in [1.82, 2.24) is 10.1 Å². The molecule has 0 aliphatic rings. The van der Waals surface area contributed by atoms with E-state index in [2.05, 4.69) is 10.1 Å². The summed E-state index contributed by atoms with van der Waals surface area (Å²) in [5.41, 5.74) is 1.44. The lowest BCUT2D eigenvalue weighted by Crippen LogP contribution is -2.05. The van der Waals surface area contributed by atoms with Crippen molar-refractivity contribution in [1.29, 1.82) is 0 Å². The van der Waals surface area contributed by atoms with E-state index in [1.54, 1.807) is 0 Å². The summed E-state index contributed by atoms with van der Waals surface area (Å²) in [6.45, 7) is 5.68. The van der Waals surface area contributed by atoms with E-state index in [9.17, 15) is 4.79 Å². The molecule has 0 aliphatic heterocycles. The van der Waals surface area contributed by atoms with Crippen molar-refractivity contribution in [3.8, 4) is 0 Å². The van der Waals surface area contributed by atoms with Crippen LogP contribution in [0.25, 0.3) is 21.7 Å². The smallest absolute Gasteiger partial charge is 0.375 e. The SMILES string of the molecule is Cc1c(C(=O)OCc2nc(C(C)C)no2)oc2c1ccc1ccccc12. The van der Waals surface area contributed by atoms with Crippen molar-refractivity contribution in [2.24, 2.45) is 0 Å². The van der Waals surface area contributed by atoms with E-state index >= 15 is 0 Å². The normalized spacial score (nSPS) is 11.5. The van der Waals surface area contributed by atoms with E-state index in [0.29, 0.717) is 11.4 Å². The molecule has 0 saturated carbocycles. The molecular weight excluding hydrogens is 332 g/mol. The second kappa shape index (κ2) is 6.29. The van der Waals surface area contributed by atoms with Crippen LogP contribution >= 0.6 is 0 Å². The first-order chi connectivity index (χ1) is 12.5. The van der Waals surface area contributed by atoms with Crippen molar-refractivity contribution in [2.75, 3.05) is 0 Å². The Labute approximate surface area is 149 Å². The third-order valence-corrected chi connectivity index (χ3v) is 4.34. The largest absolute Gasteiger partial charge is 0.450 e. The molecule has 0 N–H and O–H groups in total. The number of esters is 1. The van der Waals surface area contributed by atoms with Gasteiger partial charge in [-0.3, -0.25) is 0 Å². The Kier molecular flexibility index (Phi) is 3.95. The molecule has 0 amide bonds. The molecule has 2 aromatic carbocycles. The van der Waals surface area contributed by atoms with Crippen LogP contribution in [-0.4, -0.2) is 16.1 Å². The third-order valence-electron chi connectivity index (χ3n) is 4.34. The van der Waals surface area contributed by atoms with Gasteiger partial charge in [0, 0.05) is 22.3 Å². The second-order valence-electron chi connectivity index (χ2n) is 6.50. The Balaban J connectivity index is 1.62. The highest BCUT2D eigenvalue weighted by Crippen LogP contribution is 2.32. The van der Waals surface area contributed by atoms with Crippen LogP contribution in [0.3, 0.4) is 0 Å². The molecule has 4 rings (SSSR count). The number of aryl methyl sites for hydroxylation is 1. The number of carbonyl (C=O) groups is 1. The van der Waals surface area contributed by atoms with E-state index in [-0.39, 0.29) is 24.2 Å². The highest BCUT2D eigenvalue weighted by Gasteiger charge is 2.21. The van der Waals surface area contributed by atoms with Crippen molar-refractivity contribution in [3.63, 3.8) is 0 Å². The number of furan rings is 1. The lowest BCUT2D eigenvalue weighted by atomic mass is 10.1. The topological polar surface area (TPSA) is 78.4 Å². The van der Waals surface area contributed by atoms with E-state index in [1.807, 2.05) is 57.2 Å². The first-order valence-electron chi connectivity index (χ1n) is 8.45. The van der Waals surface area contributed by atoms with Crippen LogP contribution in [0.15, 0.2) is 45.3 Å². The standard InChI is InChI=1S/C20H18N2O4/c1-11(2)19-21-16(26-22-19)10-24-20(23)17-12(3)14-9-8-13-6-4-5-7-15(13)18(14)25-17/h4-9,11H,10H2,1-3H3.